The van der Waals surface area contributed by atoms with Gasteiger partial charge in [-0.3, -0.25) is 4.98 Å². The molecule has 0 aliphatic heterocycles. The van der Waals surface area contributed by atoms with Gasteiger partial charge in [0.05, 0.1) is 24.5 Å². The number of benzene rings is 2. The molecule has 288 valence electrons. The number of nitrogens with zero attached hydrogens (tertiary/aromatic N) is 1. The zero-order valence-electron chi connectivity index (χ0n) is 31.7. The third-order valence-electron chi connectivity index (χ3n) is 9.48. The average molecular weight is 726 g/mol. The summed E-state index contributed by atoms with van der Waals surface area (Å²) in [5.41, 5.74) is 4.29. The van der Waals surface area contributed by atoms with Gasteiger partial charge in [0, 0.05) is 23.9 Å². The van der Waals surface area contributed by atoms with Crippen LogP contribution in [0.2, 0.25) is 0 Å². The molecule has 1 aromatic heterocycles. The minimum atomic E-state index is -4.32. The van der Waals surface area contributed by atoms with Crippen LogP contribution in [0.1, 0.15) is 146 Å². The van der Waals surface area contributed by atoms with Crippen LogP contribution in [-0.2, 0) is 9.47 Å². The maximum Gasteiger partial charge on any atom is 0.414 e. The number of pyridine rings is 1. The zero-order valence-corrected chi connectivity index (χ0v) is 31.7. The molecule has 0 radical (unpaired) electrons. The molecule has 8 heteroatoms. The number of alkyl halides is 3. The van der Waals surface area contributed by atoms with Crippen LogP contribution >= 0.6 is 0 Å². The minimum Gasteiger partial charge on any atom is -0.494 e. The van der Waals surface area contributed by atoms with E-state index >= 15 is 0 Å². The van der Waals surface area contributed by atoms with Crippen molar-refractivity contribution in [2.45, 2.75) is 148 Å². The summed E-state index contributed by atoms with van der Waals surface area (Å²) in [5.74, 6) is 0.514. The first-order chi connectivity index (χ1) is 25.3. The maximum atomic E-state index is 12.5. The Hall–Kier alpha value is -3.39. The van der Waals surface area contributed by atoms with E-state index < -0.39 is 12.3 Å². The number of hydrogen-bond donors (Lipinski definition) is 0. The summed E-state index contributed by atoms with van der Waals surface area (Å²) in [6.45, 7) is 4.44. The fourth-order valence-corrected chi connectivity index (χ4v) is 6.08. The number of halogens is 3. The summed E-state index contributed by atoms with van der Waals surface area (Å²) in [6.07, 6.45) is 18.4. The van der Waals surface area contributed by atoms with Crippen molar-refractivity contribution < 1.29 is 32.2 Å². The Kier molecular flexibility index (Phi) is 21.1. The molecule has 1 atom stereocenters. The number of aromatic nitrogens is 1. The normalized spacial score (nSPS) is 12.2. The molecule has 0 amide bonds. The molecule has 0 spiro atoms. The second-order valence-corrected chi connectivity index (χ2v) is 13.9. The first kappa shape index (κ1) is 43.0. The lowest BCUT2D eigenvalue weighted by Gasteiger charge is -2.16. The van der Waals surface area contributed by atoms with Crippen molar-refractivity contribution in [3.63, 3.8) is 0 Å². The van der Waals surface area contributed by atoms with Gasteiger partial charge in [0.25, 0.3) is 0 Å². The Labute approximate surface area is 311 Å². The predicted octanol–water partition coefficient (Wildman–Crippen LogP) is 13.4. The van der Waals surface area contributed by atoms with Gasteiger partial charge in [0.1, 0.15) is 5.75 Å². The van der Waals surface area contributed by atoms with Gasteiger partial charge in [-0.05, 0) is 62.1 Å². The molecule has 3 rings (SSSR count). The van der Waals surface area contributed by atoms with Crippen molar-refractivity contribution in [2.24, 2.45) is 0 Å². The fourth-order valence-electron chi connectivity index (χ4n) is 6.08. The van der Waals surface area contributed by atoms with Crippen LogP contribution in [0, 0.1) is 0 Å². The molecule has 0 N–H and O–H groups in total. The van der Waals surface area contributed by atoms with Crippen molar-refractivity contribution in [3.8, 4) is 28.1 Å². The number of carbonyl (C=O) groups is 1. The number of rotatable bonds is 28. The van der Waals surface area contributed by atoms with Gasteiger partial charge < -0.3 is 14.2 Å². The molecule has 1 heterocycles. The standard InChI is InChI=1S/C44H62F3NO4/c1-3-4-5-6-7-8-9-10-11-12-13-14-16-20-33-51-41-29-26-37(27-30-41)40-28-31-42(48-35-40)38-22-24-39(25-23-38)43(49)52-34-21-18-15-17-19-32-50-36(2)44(45,46)47/h22-31,35-36H,3-21,32-34H2,1-2H3. The highest BCUT2D eigenvalue weighted by Crippen LogP contribution is 2.26. The Bertz CT molecular complexity index is 1340. The fraction of sp³-hybridized carbons (Fsp3) is 0.591. The van der Waals surface area contributed by atoms with Crippen LogP contribution in [-0.4, -0.2) is 43.1 Å². The molecule has 0 bridgehead atoms. The maximum absolute atomic E-state index is 12.5. The van der Waals surface area contributed by atoms with Gasteiger partial charge >= 0.3 is 12.1 Å². The van der Waals surface area contributed by atoms with Crippen molar-refractivity contribution in [2.75, 3.05) is 19.8 Å². The summed E-state index contributed by atoms with van der Waals surface area (Å²) in [4.78, 5) is 17.1. The number of esters is 1. The van der Waals surface area contributed by atoms with Gasteiger partial charge in [-0.25, -0.2) is 4.79 Å². The number of carbonyl (C=O) groups excluding carboxylic acids is 1. The Morgan fingerprint density at radius 3 is 1.60 bits per heavy atom. The lowest BCUT2D eigenvalue weighted by atomic mass is 10.0. The summed E-state index contributed by atoms with van der Waals surface area (Å²) in [5, 5.41) is 0. The minimum absolute atomic E-state index is 0.0919. The highest BCUT2D eigenvalue weighted by atomic mass is 19.4. The average Bonchev–Trinajstić information content (AvgIpc) is 3.15. The smallest absolute Gasteiger partial charge is 0.414 e. The Balaban J connectivity index is 1.24. The van der Waals surface area contributed by atoms with Crippen LogP contribution in [0.15, 0.2) is 66.9 Å². The van der Waals surface area contributed by atoms with Crippen LogP contribution in [0.25, 0.3) is 22.4 Å². The monoisotopic (exact) mass is 725 g/mol. The first-order valence-electron chi connectivity index (χ1n) is 19.9. The van der Waals surface area contributed by atoms with Gasteiger partial charge in [-0.1, -0.05) is 140 Å². The number of unbranched alkanes of at least 4 members (excludes halogenated alkanes) is 17. The largest absolute Gasteiger partial charge is 0.494 e. The lowest BCUT2D eigenvalue weighted by Crippen LogP contribution is -2.28. The van der Waals surface area contributed by atoms with E-state index in [9.17, 15) is 18.0 Å². The van der Waals surface area contributed by atoms with E-state index in [2.05, 4.69) is 24.0 Å². The lowest BCUT2D eigenvalue weighted by molar-refractivity contribution is -0.214. The van der Waals surface area contributed by atoms with Crippen molar-refractivity contribution in [1.82, 2.24) is 4.98 Å². The van der Waals surface area contributed by atoms with E-state index in [0.29, 0.717) is 25.0 Å². The predicted molar refractivity (Wildman–Crippen MR) is 206 cm³/mol. The van der Waals surface area contributed by atoms with Gasteiger partial charge in [0.15, 0.2) is 6.10 Å². The Morgan fingerprint density at radius 2 is 1.08 bits per heavy atom. The van der Waals surface area contributed by atoms with E-state index in [1.165, 1.54) is 83.5 Å². The van der Waals surface area contributed by atoms with E-state index in [-0.39, 0.29) is 12.6 Å². The number of ether oxygens (including phenoxy) is 3. The van der Waals surface area contributed by atoms with Crippen LogP contribution in [0.4, 0.5) is 13.2 Å². The molecule has 0 saturated carbocycles. The number of hydrogen-bond acceptors (Lipinski definition) is 5. The molecule has 3 aromatic rings. The van der Waals surface area contributed by atoms with E-state index in [0.717, 1.165) is 67.3 Å². The molecule has 0 aliphatic rings. The summed E-state index contributed by atoms with van der Waals surface area (Å²) < 4.78 is 53.5. The molecule has 1 unspecified atom stereocenters. The van der Waals surface area contributed by atoms with Gasteiger partial charge in [-0.2, -0.15) is 13.2 Å². The zero-order chi connectivity index (χ0) is 37.3. The molecule has 2 aromatic carbocycles. The van der Waals surface area contributed by atoms with Crippen LogP contribution in [0.5, 0.6) is 5.75 Å². The third-order valence-corrected chi connectivity index (χ3v) is 9.48. The first-order valence-corrected chi connectivity index (χ1v) is 19.9. The SMILES string of the molecule is CCCCCCCCCCCCCCCCOc1ccc(-c2ccc(-c3ccc(C(=O)OCCCCCCCOC(C)C(F)(F)F)cc3)nc2)cc1. The van der Waals surface area contributed by atoms with E-state index in [1.54, 1.807) is 12.1 Å². The summed E-state index contributed by atoms with van der Waals surface area (Å²) in [6, 6.07) is 19.4. The van der Waals surface area contributed by atoms with E-state index in [1.807, 2.05) is 42.6 Å². The molecular weight excluding hydrogens is 663 g/mol. The molecule has 0 fully saturated rings. The summed E-state index contributed by atoms with van der Waals surface area (Å²) in [7, 11) is 0. The molecule has 5 nitrogen and oxygen atoms in total. The second-order valence-electron chi connectivity index (χ2n) is 13.9. The van der Waals surface area contributed by atoms with Crippen LogP contribution < -0.4 is 4.74 Å². The van der Waals surface area contributed by atoms with E-state index in [4.69, 9.17) is 14.2 Å². The third kappa shape index (κ3) is 17.9. The quantitative estimate of drug-likeness (QED) is 0.0551. The molecular formula is C44H62F3NO4. The summed E-state index contributed by atoms with van der Waals surface area (Å²) >= 11 is 0. The molecule has 52 heavy (non-hydrogen) atoms. The highest BCUT2D eigenvalue weighted by Gasteiger charge is 2.36. The van der Waals surface area contributed by atoms with Gasteiger partial charge in [0.2, 0.25) is 0 Å². The molecule has 0 saturated heterocycles. The molecule has 0 aliphatic carbocycles. The van der Waals surface area contributed by atoms with Crippen molar-refractivity contribution in [1.29, 1.82) is 0 Å². The Morgan fingerprint density at radius 1 is 0.596 bits per heavy atom. The van der Waals surface area contributed by atoms with Crippen molar-refractivity contribution in [3.05, 3.63) is 72.4 Å². The van der Waals surface area contributed by atoms with Crippen LogP contribution in [0.3, 0.4) is 0 Å². The second kappa shape index (κ2) is 25.6. The topological polar surface area (TPSA) is 57.7 Å². The van der Waals surface area contributed by atoms with Crippen molar-refractivity contribution >= 4 is 5.97 Å². The highest BCUT2D eigenvalue weighted by molar-refractivity contribution is 5.90. The van der Waals surface area contributed by atoms with Gasteiger partial charge in [-0.15, -0.1) is 0 Å².